The Labute approximate surface area is 114 Å². The lowest BCUT2D eigenvalue weighted by Crippen LogP contribution is -2.11. The molecule has 0 atom stereocenters. The van der Waals surface area contributed by atoms with Crippen LogP contribution in [0.1, 0.15) is 15.9 Å². The van der Waals surface area contributed by atoms with Gasteiger partial charge in [0.05, 0.1) is 4.47 Å². The van der Waals surface area contributed by atoms with E-state index in [-0.39, 0.29) is 11.7 Å². The van der Waals surface area contributed by atoms with Crippen molar-refractivity contribution in [3.05, 3.63) is 58.1 Å². The maximum Gasteiger partial charge on any atom is 0.255 e. The van der Waals surface area contributed by atoms with Crippen molar-refractivity contribution in [2.75, 3.05) is 5.32 Å². The molecule has 2 aromatic carbocycles. The molecular weight excluding hydrogens is 294 g/mol. The Morgan fingerprint density at radius 3 is 2.44 bits per heavy atom. The monoisotopic (exact) mass is 305 g/mol. The summed E-state index contributed by atoms with van der Waals surface area (Å²) in [6.07, 6.45) is 0. The van der Waals surface area contributed by atoms with Crippen molar-refractivity contribution in [1.82, 2.24) is 0 Å². The molecule has 1 amide bonds. The average molecular weight is 306 g/mol. The number of rotatable bonds is 2. The number of nitrogens with one attached hydrogen (secondary N) is 1. The van der Waals surface area contributed by atoms with Crippen LogP contribution in [-0.4, -0.2) is 11.0 Å². The van der Waals surface area contributed by atoms with Gasteiger partial charge in [0, 0.05) is 11.3 Å². The number of carbonyl (C=O) groups excluding carboxylic acids is 1. The van der Waals surface area contributed by atoms with Crippen molar-refractivity contribution in [3.8, 4) is 5.75 Å². The lowest BCUT2D eigenvalue weighted by atomic mass is 10.1. The highest BCUT2D eigenvalue weighted by atomic mass is 79.9. The van der Waals surface area contributed by atoms with Gasteiger partial charge in [-0.25, -0.2) is 0 Å². The van der Waals surface area contributed by atoms with Gasteiger partial charge in [-0.1, -0.05) is 17.7 Å². The minimum absolute atomic E-state index is 0.142. The summed E-state index contributed by atoms with van der Waals surface area (Å²) >= 11 is 3.20. The van der Waals surface area contributed by atoms with E-state index >= 15 is 0 Å². The van der Waals surface area contributed by atoms with Crippen molar-refractivity contribution in [2.45, 2.75) is 6.92 Å². The zero-order valence-electron chi connectivity index (χ0n) is 9.77. The van der Waals surface area contributed by atoms with E-state index in [0.717, 1.165) is 5.56 Å². The summed E-state index contributed by atoms with van der Waals surface area (Å²) < 4.78 is 0.546. The topological polar surface area (TPSA) is 49.3 Å². The summed E-state index contributed by atoms with van der Waals surface area (Å²) in [4.78, 5) is 11.9. The molecule has 2 N–H and O–H groups in total. The first-order chi connectivity index (χ1) is 8.56. The molecule has 4 heteroatoms. The second kappa shape index (κ2) is 5.23. The molecule has 0 bridgehead atoms. The fourth-order valence-electron chi connectivity index (χ4n) is 1.49. The first-order valence-corrected chi connectivity index (χ1v) is 6.22. The Morgan fingerprint density at radius 1 is 1.17 bits per heavy atom. The van der Waals surface area contributed by atoms with Crippen molar-refractivity contribution in [3.63, 3.8) is 0 Å². The summed E-state index contributed by atoms with van der Waals surface area (Å²) in [7, 11) is 0. The first kappa shape index (κ1) is 12.6. The largest absolute Gasteiger partial charge is 0.507 e. The molecule has 0 fully saturated rings. The molecule has 2 aromatic rings. The number of anilines is 1. The lowest BCUT2D eigenvalue weighted by Gasteiger charge is -2.06. The second-order valence-electron chi connectivity index (χ2n) is 3.99. The summed E-state index contributed by atoms with van der Waals surface area (Å²) in [5, 5.41) is 12.1. The smallest absolute Gasteiger partial charge is 0.255 e. The fraction of sp³-hybridized carbons (Fsp3) is 0.0714. The number of aryl methyl sites for hydroxylation is 1. The minimum atomic E-state index is -0.174. The molecule has 0 saturated heterocycles. The van der Waals surface area contributed by atoms with Crippen LogP contribution in [0.2, 0.25) is 0 Å². The average Bonchev–Trinajstić information content (AvgIpc) is 2.34. The molecular formula is C14H12BrNO2. The Balaban J connectivity index is 2.16. The van der Waals surface area contributed by atoms with Gasteiger partial charge in [0.2, 0.25) is 0 Å². The van der Waals surface area contributed by atoms with Gasteiger partial charge < -0.3 is 10.4 Å². The van der Waals surface area contributed by atoms with Crippen LogP contribution in [-0.2, 0) is 0 Å². The van der Waals surface area contributed by atoms with Gasteiger partial charge in [-0.05, 0) is 53.2 Å². The highest BCUT2D eigenvalue weighted by molar-refractivity contribution is 9.10. The van der Waals surface area contributed by atoms with Crippen LogP contribution in [0.25, 0.3) is 0 Å². The highest BCUT2D eigenvalue weighted by Crippen LogP contribution is 2.26. The molecule has 0 aliphatic rings. The van der Waals surface area contributed by atoms with Crippen molar-refractivity contribution in [2.24, 2.45) is 0 Å². The van der Waals surface area contributed by atoms with Crippen LogP contribution in [0, 0.1) is 6.92 Å². The first-order valence-electron chi connectivity index (χ1n) is 5.43. The number of phenols is 1. The molecule has 0 unspecified atom stereocenters. The highest BCUT2D eigenvalue weighted by Gasteiger charge is 2.06. The van der Waals surface area contributed by atoms with Crippen LogP contribution < -0.4 is 5.32 Å². The lowest BCUT2D eigenvalue weighted by molar-refractivity contribution is 0.102. The number of aromatic hydroxyl groups is 1. The van der Waals surface area contributed by atoms with Crippen molar-refractivity contribution >= 4 is 27.5 Å². The molecule has 0 spiro atoms. The summed E-state index contributed by atoms with van der Waals surface area (Å²) in [5.41, 5.74) is 2.34. The van der Waals surface area contributed by atoms with E-state index in [0.29, 0.717) is 15.7 Å². The van der Waals surface area contributed by atoms with E-state index < -0.39 is 0 Å². The Bertz CT molecular complexity index is 579. The predicted octanol–water partition coefficient (Wildman–Crippen LogP) is 3.72. The van der Waals surface area contributed by atoms with E-state index in [1.165, 1.54) is 6.07 Å². The molecule has 0 radical (unpaired) electrons. The maximum atomic E-state index is 11.9. The SMILES string of the molecule is Cc1ccc(C(=O)Nc2ccc(O)c(Br)c2)cc1. The normalized spacial score (nSPS) is 10.1. The number of halogens is 1. The predicted molar refractivity (Wildman–Crippen MR) is 74.9 cm³/mol. The Morgan fingerprint density at radius 2 is 1.83 bits per heavy atom. The van der Waals surface area contributed by atoms with Gasteiger partial charge in [-0.2, -0.15) is 0 Å². The summed E-state index contributed by atoms with van der Waals surface area (Å²) in [6.45, 7) is 1.97. The molecule has 2 rings (SSSR count). The molecule has 3 nitrogen and oxygen atoms in total. The quantitative estimate of drug-likeness (QED) is 0.831. The van der Waals surface area contributed by atoms with E-state index in [1.54, 1.807) is 24.3 Å². The zero-order chi connectivity index (χ0) is 13.1. The van der Waals surface area contributed by atoms with Gasteiger partial charge in [0.25, 0.3) is 5.91 Å². The third-order valence-corrected chi connectivity index (χ3v) is 3.15. The van der Waals surface area contributed by atoms with Crippen LogP contribution in [0.5, 0.6) is 5.75 Å². The molecule has 0 aliphatic heterocycles. The molecule has 0 saturated carbocycles. The second-order valence-corrected chi connectivity index (χ2v) is 4.84. The van der Waals surface area contributed by atoms with E-state index in [4.69, 9.17) is 0 Å². The van der Waals surface area contributed by atoms with E-state index in [1.807, 2.05) is 19.1 Å². The third-order valence-electron chi connectivity index (χ3n) is 2.52. The number of amides is 1. The van der Waals surface area contributed by atoms with Crippen LogP contribution >= 0.6 is 15.9 Å². The minimum Gasteiger partial charge on any atom is -0.507 e. The molecule has 0 aliphatic carbocycles. The molecule has 0 heterocycles. The standard InChI is InChI=1S/C14H12BrNO2/c1-9-2-4-10(5-3-9)14(18)16-11-6-7-13(17)12(15)8-11/h2-8,17H,1H3,(H,16,18). The van der Waals surface area contributed by atoms with Gasteiger partial charge in [0.15, 0.2) is 0 Å². The molecule has 18 heavy (non-hydrogen) atoms. The summed E-state index contributed by atoms with van der Waals surface area (Å²) in [6, 6.07) is 12.2. The molecule has 0 aromatic heterocycles. The maximum absolute atomic E-state index is 11.9. The van der Waals surface area contributed by atoms with Crippen LogP contribution in [0.3, 0.4) is 0 Å². The van der Waals surface area contributed by atoms with Crippen molar-refractivity contribution in [1.29, 1.82) is 0 Å². The number of hydrogen-bond donors (Lipinski definition) is 2. The van der Waals surface area contributed by atoms with Gasteiger partial charge in [-0.15, -0.1) is 0 Å². The number of phenolic OH excluding ortho intramolecular Hbond substituents is 1. The van der Waals surface area contributed by atoms with Gasteiger partial charge in [-0.3, -0.25) is 4.79 Å². The number of carbonyl (C=O) groups is 1. The summed E-state index contributed by atoms with van der Waals surface area (Å²) in [5.74, 6) is -0.0316. The number of benzene rings is 2. The molecule has 92 valence electrons. The van der Waals surface area contributed by atoms with Crippen LogP contribution in [0.4, 0.5) is 5.69 Å². The van der Waals surface area contributed by atoms with Crippen LogP contribution in [0.15, 0.2) is 46.9 Å². The Kier molecular flexibility index (Phi) is 3.67. The van der Waals surface area contributed by atoms with Crippen molar-refractivity contribution < 1.29 is 9.90 Å². The zero-order valence-corrected chi connectivity index (χ0v) is 11.4. The van der Waals surface area contributed by atoms with E-state index in [9.17, 15) is 9.90 Å². The third kappa shape index (κ3) is 2.90. The fourth-order valence-corrected chi connectivity index (χ4v) is 1.87. The van der Waals surface area contributed by atoms with Gasteiger partial charge >= 0.3 is 0 Å². The van der Waals surface area contributed by atoms with E-state index in [2.05, 4.69) is 21.2 Å². The number of hydrogen-bond acceptors (Lipinski definition) is 2. The van der Waals surface area contributed by atoms with Gasteiger partial charge in [0.1, 0.15) is 5.75 Å². The Hall–Kier alpha value is -1.81.